The second-order valence-electron chi connectivity index (χ2n) is 5.98. The van der Waals surface area contributed by atoms with Gasteiger partial charge in [-0.05, 0) is 39.8 Å². The monoisotopic (exact) mass is 343 g/mol. The van der Waals surface area contributed by atoms with Crippen molar-refractivity contribution in [3.05, 3.63) is 36.0 Å². The average molecular weight is 344 g/mol. The molecule has 0 saturated carbocycles. The summed E-state index contributed by atoms with van der Waals surface area (Å²) in [4.78, 5) is 16.5. The van der Waals surface area contributed by atoms with E-state index in [1.165, 1.54) is 0 Å². The normalized spacial score (nSPS) is 10.5. The summed E-state index contributed by atoms with van der Waals surface area (Å²) < 4.78 is 0. The zero-order chi connectivity index (χ0) is 14.8. The number of anilines is 1. The Bertz CT molecular complexity index is 639. The van der Waals surface area contributed by atoms with Gasteiger partial charge in [0.25, 0.3) is 0 Å². The van der Waals surface area contributed by atoms with E-state index < -0.39 is 0 Å². The summed E-state index contributed by atoms with van der Waals surface area (Å²) in [6.45, 7) is 8.32. The Morgan fingerprint density at radius 3 is 2.45 bits per heavy atom. The third-order valence-corrected chi connectivity index (χ3v) is 2.90. The van der Waals surface area contributed by atoms with Crippen LogP contribution in [0.15, 0.2) is 30.3 Å². The number of hydrogen-bond donors (Lipinski definition) is 2. The molecule has 2 N–H and O–H groups in total. The molecule has 1 aromatic carbocycles. The van der Waals surface area contributed by atoms with Crippen LogP contribution in [-0.2, 0) is 4.79 Å². The Hall–Kier alpha value is -1.36. The molecule has 2 aromatic rings. The van der Waals surface area contributed by atoms with Gasteiger partial charge in [0.05, 0.1) is 17.7 Å². The van der Waals surface area contributed by atoms with Gasteiger partial charge >= 0.3 is 0 Å². The molecule has 0 aliphatic heterocycles. The van der Waals surface area contributed by atoms with Crippen molar-refractivity contribution in [1.29, 1.82) is 0 Å². The first kappa shape index (κ1) is 20.6. The van der Waals surface area contributed by atoms with E-state index in [0.29, 0.717) is 6.54 Å². The van der Waals surface area contributed by atoms with Gasteiger partial charge in [-0.1, -0.05) is 18.2 Å². The molecule has 4 nitrogen and oxygen atoms in total. The third kappa shape index (κ3) is 5.79. The molecular formula is C16H23Cl2N3O. The smallest absolute Gasteiger partial charge is 0.238 e. The van der Waals surface area contributed by atoms with Crippen molar-refractivity contribution in [2.24, 2.45) is 0 Å². The van der Waals surface area contributed by atoms with Crippen molar-refractivity contribution in [1.82, 2.24) is 10.3 Å². The molecule has 0 saturated heterocycles. The average Bonchev–Trinajstić information content (AvgIpc) is 2.35. The lowest BCUT2D eigenvalue weighted by molar-refractivity contribution is -0.115. The Balaban J connectivity index is 0.00000220. The lowest BCUT2D eigenvalue weighted by Gasteiger charge is -2.20. The van der Waals surface area contributed by atoms with Gasteiger partial charge in [0.15, 0.2) is 0 Å². The number of nitrogens with zero attached hydrogens (tertiary/aromatic N) is 1. The summed E-state index contributed by atoms with van der Waals surface area (Å²) in [5.74, 6) is -0.0457. The van der Waals surface area contributed by atoms with Crippen molar-refractivity contribution in [3.63, 3.8) is 0 Å². The van der Waals surface area contributed by atoms with Crippen LogP contribution in [0.2, 0.25) is 0 Å². The van der Waals surface area contributed by atoms with Crippen LogP contribution in [0, 0.1) is 6.92 Å². The number of para-hydroxylation sites is 1. The summed E-state index contributed by atoms with van der Waals surface area (Å²) in [7, 11) is 0. The summed E-state index contributed by atoms with van der Waals surface area (Å²) in [6, 6.07) is 9.71. The molecule has 0 bridgehead atoms. The highest BCUT2D eigenvalue weighted by Crippen LogP contribution is 2.22. The van der Waals surface area contributed by atoms with E-state index in [1.54, 1.807) is 0 Å². The van der Waals surface area contributed by atoms with E-state index in [-0.39, 0.29) is 36.3 Å². The number of pyridine rings is 1. The molecule has 6 heteroatoms. The summed E-state index contributed by atoms with van der Waals surface area (Å²) in [5.41, 5.74) is 2.52. The first-order chi connectivity index (χ1) is 9.35. The molecule has 122 valence electrons. The first-order valence-corrected chi connectivity index (χ1v) is 6.76. The number of carbonyl (C=O) groups excluding carboxylic acids is 1. The zero-order valence-corrected chi connectivity index (χ0v) is 14.9. The molecule has 0 unspecified atom stereocenters. The molecule has 0 aliphatic rings. The van der Waals surface area contributed by atoms with Gasteiger partial charge < -0.3 is 10.6 Å². The molecular weight excluding hydrogens is 321 g/mol. The first-order valence-electron chi connectivity index (χ1n) is 6.76. The van der Waals surface area contributed by atoms with Gasteiger partial charge in [-0.2, -0.15) is 0 Å². The van der Waals surface area contributed by atoms with Crippen molar-refractivity contribution in [2.45, 2.75) is 33.2 Å². The van der Waals surface area contributed by atoms with Gasteiger partial charge in [0.2, 0.25) is 5.91 Å². The zero-order valence-electron chi connectivity index (χ0n) is 13.3. The third-order valence-electron chi connectivity index (χ3n) is 2.90. The number of halogens is 2. The van der Waals surface area contributed by atoms with E-state index in [1.807, 2.05) is 58.0 Å². The topological polar surface area (TPSA) is 54.0 Å². The second kappa shape index (κ2) is 8.32. The number of benzene rings is 1. The van der Waals surface area contributed by atoms with Gasteiger partial charge in [0.1, 0.15) is 0 Å². The lowest BCUT2D eigenvalue weighted by Crippen LogP contribution is -2.41. The molecule has 2 rings (SSSR count). The highest BCUT2D eigenvalue weighted by Gasteiger charge is 2.12. The number of carbonyl (C=O) groups is 1. The fraction of sp³-hybridized carbons (Fsp3) is 0.375. The SMILES string of the molecule is Cc1cc(NC(=O)CNC(C)(C)C)c2ccccc2n1.Cl.Cl. The van der Waals surface area contributed by atoms with Crippen LogP contribution in [0.4, 0.5) is 5.69 Å². The highest BCUT2D eigenvalue weighted by atomic mass is 35.5. The Morgan fingerprint density at radius 1 is 1.18 bits per heavy atom. The van der Waals surface area contributed by atoms with E-state index in [2.05, 4.69) is 15.6 Å². The van der Waals surface area contributed by atoms with Gasteiger partial charge in [0, 0.05) is 16.6 Å². The van der Waals surface area contributed by atoms with Gasteiger partial charge in [-0.15, -0.1) is 24.8 Å². The standard InChI is InChI=1S/C16H21N3O.2ClH/c1-11-9-14(12-7-5-6-8-13(12)18-11)19-15(20)10-17-16(2,3)4;;/h5-9,17H,10H2,1-4H3,(H,18,19,20);2*1H. The maximum Gasteiger partial charge on any atom is 0.238 e. The van der Waals surface area contributed by atoms with Gasteiger partial charge in [-0.25, -0.2) is 0 Å². The summed E-state index contributed by atoms with van der Waals surface area (Å²) in [6.07, 6.45) is 0. The second-order valence-corrected chi connectivity index (χ2v) is 5.98. The highest BCUT2D eigenvalue weighted by molar-refractivity contribution is 6.01. The Kier molecular flexibility index (Phi) is 7.81. The molecule has 0 atom stereocenters. The maximum absolute atomic E-state index is 12.0. The summed E-state index contributed by atoms with van der Waals surface area (Å²) in [5, 5.41) is 7.09. The Labute approximate surface area is 143 Å². The number of aromatic nitrogens is 1. The van der Waals surface area contributed by atoms with Crippen molar-refractivity contribution < 1.29 is 4.79 Å². The molecule has 0 aliphatic carbocycles. The number of amides is 1. The van der Waals surface area contributed by atoms with Crippen molar-refractivity contribution in [3.8, 4) is 0 Å². The molecule has 1 aromatic heterocycles. The van der Waals surface area contributed by atoms with Crippen LogP contribution < -0.4 is 10.6 Å². The lowest BCUT2D eigenvalue weighted by atomic mass is 10.1. The molecule has 0 spiro atoms. The Morgan fingerprint density at radius 2 is 1.82 bits per heavy atom. The number of rotatable bonds is 3. The number of hydrogen-bond acceptors (Lipinski definition) is 3. The number of aryl methyl sites for hydroxylation is 1. The number of fused-ring (bicyclic) bond motifs is 1. The van der Waals surface area contributed by atoms with Crippen LogP contribution in [0.1, 0.15) is 26.5 Å². The predicted molar refractivity (Wildman–Crippen MR) is 97.4 cm³/mol. The van der Waals surface area contributed by atoms with Crippen LogP contribution in [0.25, 0.3) is 10.9 Å². The van der Waals surface area contributed by atoms with E-state index >= 15 is 0 Å². The summed E-state index contributed by atoms with van der Waals surface area (Å²) >= 11 is 0. The molecule has 1 heterocycles. The van der Waals surface area contributed by atoms with Crippen LogP contribution in [-0.4, -0.2) is 23.0 Å². The van der Waals surface area contributed by atoms with Gasteiger partial charge in [-0.3, -0.25) is 9.78 Å². The molecule has 1 amide bonds. The maximum atomic E-state index is 12.0. The van der Waals surface area contributed by atoms with E-state index in [9.17, 15) is 4.79 Å². The van der Waals surface area contributed by atoms with Crippen LogP contribution >= 0.6 is 24.8 Å². The minimum atomic E-state index is -0.0758. The molecule has 0 radical (unpaired) electrons. The predicted octanol–water partition coefficient (Wildman–Crippen LogP) is 3.71. The van der Waals surface area contributed by atoms with E-state index in [0.717, 1.165) is 22.3 Å². The number of nitrogens with one attached hydrogen (secondary N) is 2. The van der Waals surface area contributed by atoms with E-state index in [4.69, 9.17) is 0 Å². The van der Waals surface area contributed by atoms with Crippen LogP contribution in [0.5, 0.6) is 0 Å². The largest absolute Gasteiger partial charge is 0.324 e. The molecule has 22 heavy (non-hydrogen) atoms. The van der Waals surface area contributed by atoms with Crippen molar-refractivity contribution >= 4 is 47.3 Å². The fourth-order valence-corrected chi connectivity index (χ4v) is 1.95. The molecule has 0 fully saturated rings. The van der Waals surface area contributed by atoms with Crippen LogP contribution in [0.3, 0.4) is 0 Å². The fourth-order valence-electron chi connectivity index (χ4n) is 1.95. The minimum absolute atomic E-state index is 0. The minimum Gasteiger partial charge on any atom is -0.324 e. The van der Waals surface area contributed by atoms with Crippen molar-refractivity contribution in [2.75, 3.05) is 11.9 Å². The quantitative estimate of drug-likeness (QED) is 0.892.